The number of rotatable bonds is 8. The van der Waals surface area contributed by atoms with Crippen LogP contribution in [0.3, 0.4) is 0 Å². The largest absolute Gasteiger partial charge is 0.489 e. The van der Waals surface area contributed by atoms with Crippen molar-refractivity contribution >= 4 is 17.3 Å². The van der Waals surface area contributed by atoms with Crippen molar-refractivity contribution in [3.8, 4) is 17.0 Å². The van der Waals surface area contributed by atoms with Crippen molar-refractivity contribution in [2.24, 2.45) is 5.10 Å². The van der Waals surface area contributed by atoms with E-state index in [1.165, 1.54) is 12.1 Å². The summed E-state index contributed by atoms with van der Waals surface area (Å²) >= 11 is 0. The Hall–Kier alpha value is -4.79. The van der Waals surface area contributed by atoms with Gasteiger partial charge in [0.15, 0.2) is 0 Å². The number of amides is 1. The summed E-state index contributed by atoms with van der Waals surface area (Å²) in [5.41, 5.74) is 6.31. The number of nitro groups is 1. The zero-order valence-electron chi connectivity index (χ0n) is 18.3. The van der Waals surface area contributed by atoms with Crippen LogP contribution in [0, 0.1) is 10.1 Å². The molecule has 0 bridgehead atoms. The van der Waals surface area contributed by atoms with Crippen molar-refractivity contribution in [3.05, 3.63) is 112 Å². The number of non-ortho nitro benzene ring substituents is 1. The van der Waals surface area contributed by atoms with Crippen molar-refractivity contribution < 1.29 is 14.5 Å². The van der Waals surface area contributed by atoms with Crippen LogP contribution in [0.5, 0.6) is 5.75 Å². The van der Waals surface area contributed by atoms with E-state index >= 15 is 0 Å². The molecule has 3 aromatic carbocycles. The molecule has 0 unspecified atom stereocenters. The lowest BCUT2D eigenvalue weighted by Crippen LogP contribution is -2.19. The third-order valence-electron chi connectivity index (χ3n) is 5.02. The monoisotopic (exact) mass is 455 g/mol. The number of H-pyrrole nitrogens is 1. The summed E-state index contributed by atoms with van der Waals surface area (Å²) in [7, 11) is 0. The van der Waals surface area contributed by atoms with E-state index in [1.54, 1.807) is 25.1 Å². The van der Waals surface area contributed by atoms with E-state index in [-0.39, 0.29) is 11.4 Å². The molecule has 34 heavy (non-hydrogen) atoms. The van der Waals surface area contributed by atoms with Gasteiger partial charge in [-0.3, -0.25) is 20.0 Å². The molecule has 0 aliphatic heterocycles. The number of benzene rings is 3. The Balaban J connectivity index is 1.40. The molecule has 9 heteroatoms. The van der Waals surface area contributed by atoms with Gasteiger partial charge >= 0.3 is 0 Å². The first-order valence-corrected chi connectivity index (χ1v) is 10.4. The number of hydrogen-bond donors (Lipinski definition) is 2. The second-order valence-corrected chi connectivity index (χ2v) is 7.41. The van der Waals surface area contributed by atoms with Crippen molar-refractivity contribution in [2.45, 2.75) is 13.5 Å². The number of hydrazone groups is 1. The maximum Gasteiger partial charge on any atom is 0.289 e. The zero-order chi connectivity index (χ0) is 23.9. The van der Waals surface area contributed by atoms with Gasteiger partial charge in [-0.05, 0) is 48.4 Å². The molecule has 1 amide bonds. The number of hydrogen-bond acceptors (Lipinski definition) is 6. The van der Waals surface area contributed by atoms with Gasteiger partial charge in [0.1, 0.15) is 18.1 Å². The van der Waals surface area contributed by atoms with Crippen molar-refractivity contribution in [3.63, 3.8) is 0 Å². The van der Waals surface area contributed by atoms with Gasteiger partial charge in [-0.2, -0.15) is 10.2 Å². The second-order valence-electron chi connectivity index (χ2n) is 7.41. The minimum absolute atomic E-state index is 0.0138. The lowest BCUT2D eigenvalue weighted by molar-refractivity contribution is -0.384. The molecule has 1 aromatic heterocycles. The number of nitrogens with one attached hydrogen (secondary N) is 2. The smallest absolute Gasteiger partial charge is 0.289 e. The minimum Gasteiger partial charge on any atom is -0.489 e. The minimum atomic E-state index is -0.473. The molecular weight excluding hydrogens is 434 g/mol. The van der Waals surface area contributed by atoms with Crippen molar-refractivity contribution in [1.29, 1.82) is 0 Å². The molecule has 1 heterocycles. The lowest BCUT2D eigenvalue weighted by atomic mass is 10.1. The number of aromatic nitrogens is 2. The molecule has 4 aromatic rings. The van der Waals surface area contributed by atoms with Crippen LogP contribution >= 0.6 is 0 Å². The van der Waals surface area contributed by atoms with Crippen LogP contribution in [0.15, 0.2) is 90.0 Å². The van der Waals surface area contributed by atoms with E-state index in [0.717, 1.165) is 11.1 Å². The molecule has 0 radical (unpaired) electrons. The third kappa shape index (κ3) is 5.52. The van der Waals surface area contributed by atoms with Crippen molar-refractivity contribution in [2.75, 3.05) is 0 Å². The lowest BCUT2D eigenvalue weighted by Gasteiger charge is -2.07. The molecule has 0 fully saturated rings. The van der Waals surface area contributed by atoms with Crippen LogP contribution in [-0.4, -0.2) is 26.7 Å². The summed E-state index contributed by atoms with van der Waals surface area (Å²) in [4.78, 5) is 22.8. The molecule has 0 saturated carbocycles. The highest BCUT2D eigenvalue weighted by atomic mass is 16.6. The first-order valence-electron chi connectivity index (χ1n) is 10.4. The highest BCUT2D eigenvalue weighted by Crippen LogP contribution is 2.23. The van der Waals surface area contributed by atoms with Gasteiger partial charge in [-0.1, -0.05) is 42.5 Å². The number of carbonyl (C=O) groups is 1. The van der Waals surface area contributed by atoms with Gasteiger partial charge in [0, 0.05) is 17.7 Å². The Morgan fingerprint density at radius 2 is 1.82 bits per heavy atom. The van der Waals surface area contributed by atoms with E-state index in [9.17, 15) is 14.9 Å². The highest BCUT2D eigenvalue weighted by Gasteiger charge is 2.12. The van der Waals surface area contributed by atoms with E-state index in [1.807, 2.05) is 54.6 Å². The zero-order valence-corrected chi connectivity index (χ0v) is 18.3. The first-order chi connectivity index (χ1) is 16.5. The fraction of sp³-hybridized carbons (Fsp3) is 0.0800. The molecule has 0 aliphatic carbocycles. The molecule has 9 nitrogen and oxygen atoms in total. The molecule has 170 valence electrons. The van der Waals surface area contributed by atoms with E-state index in [0.29, 0.717) is 29.3 Å². The van der Waals surface area contributed by atoms with Gasteiger partial charge in [0.05, 0.1) is 16.3 Å². The maximum absolute atomic E-state index is 12.5. The molecule has 0 spiro atoms. The molecule has 4 rings (SSSR count). The molecule has 0 saturated heterocycles. The Kier molecular flexibility index (Phi) is 6.73. The quantitative estimate of drug-likeness (QED) is 0.226. The van der Waals surface area contributed by atoms with Gasteiger partial charge in [0.2, 0.25) is 0 Å². The number of nitrogens with zero attached hydrogens (tertiary/aromatic N) is 3. The second kappa shape index (κ2) is 10.2. The Morgan fingerprint density at radius 3 is 2.56 bits per heavy atom. The van der Waals surface area contributed by atoms with Crippen LogP contribution in [-0.2, 0) is 6.61 Å². The van der Waals surface area contributed by atoms with Gasteiger partial charge in [0.25, 0.3) is 11.6 Å². The van der Waals surface area contributed by atoms with Crippen LogP contribution in [0.1, 0.15) is 28.5 Å². The van der Waals surface area contributed by atoms with E-state index in [2.05, 4.69) is 20.7 Å². The maximum atomic E-state index is 12.5. The fourth-order valence-electron chi connectivity index (χ4n) is 3.16. The van der Waals surface area contributed by atoms with Crippen LogP contribution in [0.25, 0.3) is 11.3 Å². The number of ether oxygens (including phenoxy) is 1. The fourth-order valence-corrected chi connectivity index (χ4v) is 3.16. The highest BCUT2D eigenvalue weighted by molar-refractivity contribution is 6.00. The summed E-state index contributed by atoms with van der Waals surface area (Å²) in [6, 6.07) is 24.9. The standard InChI is InChI=1S/C25H21N5O4/c1-17(19-10-12-21(13-11-19)30(32)33)26-29-25(31)24-15-23(27-28-24)20-8-5-9-22(14-20)34-16-18-6-3-2-4-7-18/h2-15H,16H2,1H3,(H,27,28)(H,29,31)/b26-17+. The average Bonchev–Trinajstić information content (AvgIpc) is 3.37. The van der Waals surface area contributed by atoms with E-state index in [4.69, 9.17) is 4.74 Å². The molecule has 2 N–H and O–H groups in total. The SMILES string of the molecule is C/C(=N\NC(=O)c1cc(-c2cccc(OCc3ccccc3)c2)n[nH]1)c1ccc([N+](=O)[O-])cc1. The Labute approximate surface area is 195 Å². The van der Waals surface area contributed by atoms with E-state index < -0.39 is 10.8 Å². The van der Waals surface area contributed by atoms with Gasteiger partial charge in [-0.25, -0.2) is 5.43 Å². The number of carbonyl (C=O) groups excluding carboxylic acids is 1. The predicted molar refractivity (Wildman–Crippen MR) is 128 cm³/mol. The first kappa shape index (κ1) is 22.4. The Bertz CT molecular complexity index is 1330. The Morgan fingerprint density at radius 1 is 1.06 bits per heavy atom. The number of aromatic amines is 1. The average molecular weight is 455 g/mol. The number of nitro benzene ring substituents is 1. The van der Waals surface area contributed by atoms with Crippen LogP contribution in [0.4, 0.5) is 5.69 Å². The predicted octanol–water partition coefficient (Wildman–Crippen LogP) is 4.72. The summed E-state index contributed by atoms with van der Waals surface area (Å²) in [5.74, 6) is 0.232. The summed E-state index contributed by atoms with van der Waals surface area (Å²) in [6.45, 7) is 2.14. The molecule has 0 atom stereocenters. The summed E-state index contributed by atoms with van der Waals surface area (Å²) in [6.07, 6.45) is 0. The van der Waals surface area contributed by atoms with Crippen molar-refractivity contribution in [1.82, 2.24) is 15.6 Å². The van der Waals surface area contributed by atoms with Crippen LogP contribution in [0.2, 0.25) is 0 Å². The topological polar surface area (TPSA) is 123 Å². The summed E-state index contributed by atoms with van der Waals surface area (Å²) in [5, 5.41) is 21.8. The van der Waals surface area contributed by atoms with Gasteiger partial charge in [-0.15, -0.1) is 0 Å². The summed E-state index contributed by atoms with van der Waals surface area (Å²) < 4.78 is 5.86. The van der Waals surface area contributed by atoms with Gasteiger partial charge < -0.3 is 4.74 Å². The normalized spacial score (nSPS) is 11.1. The third-order valence-corrected chi connectivity index (χ3v) is 5.02. The molecule has 0 aliphatic rings. The van der Waals surface area contributed by atoms with Crippen LogP contribution < -0.4 is 10.2 Å². The molecular formula is C25H21N5O4.